The van der Waals surface area contributed by atoms with Gasteiger partial charge in [-0.25, -0.2) is 9.97 Å². The molecule has 0 aliphatic heterocycles. The van der Waals surface area contributed by atoms with Crippen molar-refractivity contribution in [3.63, 3.8) is 0 Å². The summed E-state index contributed by atoms with van der Waals surface area (Å²) < 4.78 is 0. The molecule has 0 atom stereocenters. The third kappa shape index (κ3) is 0.905. The maximum absolute atomic E-state index is 9.35. The molecule has 4 nitrogen and oxygen atoms in total. The van der Waals surface area contributed by atoms with Gasteiger partial charge in [0.2, 0.25) is 0 Å². The summed E-state index contributed by atoms with van der Waals surface area (Å²) >= 11 is 0. The average molecular weight is 200 g/mol. The molecule has 1 aromatic carbocycles. The van der Waals surface area contributed by atoms with Crippen LogP contribution in [0.15, 0.2) is 18.2 Å². The van der Waals surface area contributed by atoms with Crippen molar-refractivity contribution in [1.29, 1.82) is 0 Å². The SMILES string of the molecule is Cc1cccc2nc3c(nc12)C(O)=C3O. The molecular formula is C11H8N2O2. The fourth-order valence-electron chi connectivity index (χ4n) is 1.71. The molecule has 0 saturated carbocycles. The number of aromatic nitrogens is 2. The van der Waals surface area contributed by atoms with Gasteiger partial charge in [0.05, 0.1) is 11.0 Å². The molecule has 1 heterocycles. The standard InChI is InChI=1S/C11H8N2O2/c1-5-3-2-4-6-7(5)13-9-8(12-6)10(14)11(9)15/h2-4,14-15H,1H3. The molecule has 0 fully saturated rings. The van der Waals surface area contributed by atoms with Gasteiger partial charge in [0.1, 0.15) is 11.4 Å². The minimum Gasteiger partial charge on any atom is -0.503 e. The van der Waals surface area contributed by atoms with Crippen LogP contribution in [0.4, 0.5) is 0 Å². The lowest BCUT2D eigenvalue weighted by atomic mass is 10.0. The summed E-state index contributed by atoms with van der Waals surface area (Å²) in [6.45, 7) is 1.93. The fraction of sp³-hybridized carbons (Fsp3) is 0.0909. The molecule has 74 valence electrons. The third-order valence-electron chi connectivity index (χ3n) is 2.57. The molecular weight excluding hydrogens is 192 g/mol. The van der Waals surface area contributed by atoms with E-state index in [4.69, 9.17) is 0 Å². The maximum Gasteiger partial charge on any atom is 0.188 e. The van der Waals surface area contributed by atoms with E-state index < -0.39 is 0 Å². The van der Waals surface area contributed by atoms with Crippen LogP contribution in [0.3, 0.4) is 0 Å². The van der Waals surface area contributed by atoms with Crippen molar-refractivity contribution in [2.75, 3.05) is 0 Å². The van der Waals surface area contributed by atoms with Crippen LogP contribution in [0.5, 0.6) is 0 Å². The second kappa shape index (κ2) is 2.48. The Labute approximate surface area is 85.5 Å². The number of hydrogen-bond donors (Lipinski definition) is 2. The Morgan fingerprint density at radius 2 is 1.67 bits per heavy atom. The fourth-order valence-corrected chi connectivity index (χ4v) is 1.71. The smallest absolute Gasteiger partial charge is 0.188 e. The Balaban J connectivity index is 2.39. The summed E-state index contributed by atoms with van der Waals surface area (Å²) in [6, 6.07) is 5.65. The maximum atomic E-state index is 9.35. The zero-order valence-corrected chi connectivity index (χ0v) is 8.02. The van der Waals surface area contributed by atoms with E-state index in [-0.39, 0.29) is 11.5 Å². The van der Waals surface area contributed by atoms with Gasteiger partial charge in [-0.3, -0.25) is 0 Å². The highest BCUT2D eigenvalue weighted by Crippen LogP contribution is 2.35. The molecule has 1 aliphatic rings. The first kappa shape index (κ1) is 8.23. The van der Waals surface area contributed by atoms with Crippen LogP contribution in [0, 0.1) is 6.92 Å². The minimum atomic E-state index is -0.166. The number of aliphatic hydroxyl groups excluding tert-OH is 2. The van der Waals surface area contributed by atoms with E-state index in [1.54, 1.807) is 0 Å². The van der Waals surface area contributed by atoms with Gasteiger partial charge in [-0.05, 0) is 18.6 Å². The van der Waals surface area contributed by atoms with Crippen molar-refractivity contribution in [2.24, 2.45) is 0 Å². The summed E-state index contributed by atoms with van der Waals surface area (Å²) in [5.74, 6) is -0.330. The summed E-state index contributed by atoms with van der Waals surface area (Å²) in [5, 5.41) is 18.7. The number of para-hydroxylation sites is 1. The Morgan fingerprint density at radius 1 is 1.00 bits per heavy atom. The van der Waals surface area contributed by atoms with E-state index in [0.29, 0.717) is 11.4 Å². The number of aryl methyl sites for hydroxylation is 1. The zero-order valence-electron chi connectivity index (χ0n) is 8.02. The molecule has 4 heteroatoms. The van der Waals surface area contributed by atoms with Crippen LogP contribution in [-0.4, -0.2) is 20.2 Å². The second-order valence-corrected chi connectivity index (χ2v) is 3.56. The molecule has 2 N–H and O–H groups in total. The van der Waals surface area contributed by atoms with E-state index in [2.05, 4.69) is 9.97 Å². The van der Waals surface area contributed by atoms with Gasteiger partial charge >= 0.3 is 0 Å². The van der Waals surface area contributed by atoms with Crippen molar-refractivity contribution in [3.8, 4) is 0 Å². The molecule has 15 heavy (non-hydrogen) atoms. The largest absolute Gasteiger partial charge is 0.503 e. The highest BCUT2D eigenvalue weighted by atomic mass is 16.3. The quantitative estimate of drug-likeness (QED) is 0.684. The number of rotatable bonds is 0. The van der Waals surface area contributed by atoms with Gasteiger partial charge in [-0.1, -0.05) is 12.1 Å². The van der Waals surface area contributed by atoms with E-state index in [9.17, 15) is 10.2 Å². The van der Waals surface area contributed by atoms with Crippen molar-refractivity contribution < 1.29 is 10.2 Å². The van der Waals surface area contributed by atoms with Crippen LogP contribution >= 0.6 is 0 Å². The summed E-state index contributed by atoms with van der Waals surface area (Å²) in [6.07, 6.45) is 0. The lowest BCUT2D eigenvalue weighted by Crippen LogP contribution is -2.11. The van der Waals surface area contributed by atoms with Gasteiger partial charge in [-0.15, -0.1) is 0 Å². The predicted molar refractivity (Wildman–Crippen MR) is 56.3 cm³/mol. The Hall–Kier alpha value is -2.10. The Kier molecular flexibility index (Phi) is 1.36. The van der Waals surface area contributed by atoms with E-state index in [1.165, 1.54) is 0 Å². The molecule has 2 aromatic rings. The molecule has 1 aromatic heterocycles. The third-order valence-corrected chi connectivity index (χ3v) is 2.57. The highest BCUT2D eigenvalue weighted by molar-refractivity contribution is 5.96. The summed E-state index contributed by atoms with van der Waals surface area (Å²) in [5.41, 5.74) is 3.25. The second-order valence-electron chi connectivity index (χ2n) is 3.56. The molecule has 1 aliphatic carbocycles. The normalized spacial score (nSPS) is 13.9. The highest BCUT2D eigenvalue weighted by Gasteiger charge is 2.29. The minimum absolute atomic E-state index is 0.164. The Bertz CT molecular complexity index is 617. The molecule has 3 rings (SSSR count). The molecule has 0 unspecified atom stereocenters. The van der Waals surface area contributed by atoms with Crippen LogP contribution in [0.25, 0.3) is 22.6 Å². The van der Waals surface area contributed by atoms with Gasteiger partial charge in [0.15, 0.2) is 11.5 Å². The summed E-state index contributed by atoms with van der Waals surface area (Å²) in [4.78, 5) is 8.49. The topological polar surface area (TPSA) is 66.2 Å². The van der Waals surface area contributed by atoms with Crippen LogP contribution in [0.2, 0.25) is 0 Å². The first-order chi connectivity index (χ1) is 7.18. The molecule has 0 saturated heterocycles. The van der Waals surface area contributed by atoms with Gasteiger partial charge in [-0.2, -0.15) is 0 Å². The number of fused-ring (bicyclic) bond motifs is 2. The zero-order chi connectivity index (χ0) is 10.6. The van der Waals surface area contributed by atoms with Crippen molar-refractivity contribution in [3.05, 3.63) is 35.2 Å². The van der Waals surface area contributed by atoms with Crippen LogP contribution < -0.4 is 0 Å². The van der Waals surface area contributed by atoms with Gasteiger partial charge < -0.3 is 10.2 Å². The monoisotopic (exact) mass is 200 g/mol. The van der Waals surface area contributed by atoms with Crippen LogP contribution in [-0.2, 0) is 0 Å². The van der Waals surface area contributed by atoms with Crippen molar-refractivity contribution in [2.45, 2.75) is 6.92 Å². The van der Waals surface area contributed by atoms with Gasteiger partial charge in [0.25, 0.3) is 0 Å². The molecule has 0 amide bonds. The van der Waals surface area contributed by atoms with E-state index in [1.807, 2.05) is 25.1 Å². The predicted octanol–water partition coefficient (Wildman–Crippen LogP) is 2.19. The average Bonchev–Trinajstić information content (AvgIpc) is 2.27. The lowest BCUT2D eigenvalue weighted by molar-refractivity contribution is 0.440. The molecule has 0 radical (unpaired) electrons. The molecule has 0 bridgehead atoms. The number of aliphatic hydroxyl groups is 2. The first-order valence-electron chi connectivity index (χ1n) is 4.59. The summed E-state index contributed by atoms with van der Waals surface area (Å²) in [7, 11) is 0. The van der Waals surface area contributed by atoms with Crippen LogP contribution in [0.1, 0.15) is 17.0 Å². The number of nitrogens with zero attached hydrogens (tertiary/aromatic N) is 2. The molecule has 0 spiro atoms. The number of benzene rings is 1. The number of hydrogen-bond acceptors (Lipinski definition) is 4. The van der Waals surface area contributed by atoms with E-state index in [0.717, 1.165) is 16.6 Å². The van der Waals surface area contributed by atoms with E-state index >= 15 is 0 Å². The van der Waals surface area contributed by atoms with Crippen molar-refractivity contribution in [1.82, 2.24) is 9.97 Å². The van der Waals surface area contributed by atoms with Gasteiger partial charge in [0, 0.05) is 0 Å². The van der Waals surface area contributed by atoms with Crippen molar-refractivity contribution >= 4 is 22.6 Å². The first-order valence-corrected chi connectivity index (χ1v) is 4.59. The Morgan fingerprint density at radius 3 is 2.40 bits per heavy atom. The lowest BCUT2D eigenvalue weighted by Gasteiger charge is -2.17.